The molecule has 0 heterocycles. The fraction of sp³-hybridized carbons (Fsp3) is 0.143. The lowest BCUT2D eigenvalue weighted by molar-refractivity contribution is -0.384. The van der Waals surface area contributed by atoms with Gasteiger partial charge in [0.2, 0.25) is 0 Å². The molecule has 0 bridgehead atoms. The van der Waals surface area contributed by atoms with Crippen LogP contribution in [0, 0.1) is 17.0 Å². The Labute approximate surface area is 73.5 Å². The zero-order chi connectivity index (χ0) is 9.30. The number of benzene rings is 1. The van der Waals surface area contributed by atoms with E-state index in [9.17, 15) is 15.2 Å². The number of hydrogen-bond acceptors (Lipinski definition) is 3. The number of nitro benzene ring substituents is 1. The lowest BCUT2D eigenvalue weighted by atomic mass is 10.2. The Morgan fingerprint density at radius 1 is 1.58 bits per heavy atom. The monoisotopic (exact) mass is 187 g/mol. The standard InChI is InChI=1S/C7H6ClNO3/c1-4-2-3-5(9(11)12)6(8)7(4)10/h2-3,10H,1H3. The highest BCUT2D eigenvalue weighted by molar-refractivity contribution is 6.34. The number of nitrogens with zero attached hydrogens (tertiary/aromatic N) is 1. The van der Waals surface area contributed by atoms with E-state index in [1.54, 1.807) is 6.92 Å². The number of phenols is 1. The predicted octanol–water partition coefficient (Wildman–Crippen LogP) is 2.26. The Morgan fingerprint density at radius 2 is 2.17 bits per heavy atom. The van der Waals surface area contributed by atoms with Gasteiger partial charge >= 0.3 is 0 Å². The predicted molar refractivity (Wildman–Crippen MR) is 44.5 cm³/mol. The molecule has 12 heavy (non-hydrogen) atoms. The Balaban J connectivity index is 3.36. The van der Waals surface area contributed by atoms with E-state index in [2.05, 4.69) is 0 Å². The van der Waals surface area contributed by atoms with Gasteiger partial charge < -0.3 is 5.11 Å². The number of hydrogen-bond donors (Lipinski definition) is 1. The molecule has 0 spiro atoms. The van der Waals surface area contributed by atoms with Crippen molar-refractivity contribution in [3.8, 4) is 5.75 Å². The van der Waals surface area contributed by atoms with Crippen LogP contribution < -0.4 is 0 Å². The summed E-state index contributed by atoms with van der Waals surface area (Å²) in [4.78, 5) is 9.66. The van der Waals surface area contributed by atoms with E-state index in [-0.39, 0.29) is 16.5 Å². The number of phenolic OH excluding ortho intramolecular Hbond substituents is 1. The minimum atomic E-state index is -0.637. The first-order chi connectivity index (χ1) is 5.54. The van der Waals surface area contributed by atoms with Gasteiger partial charge in [-0.3, -0.25) is 10.1 Å². The fourth-order valence-corrected chi connectivity index (χ4v) is 1.07. The summed E-state index contributed by atoms with van der Waals surface area (Å²) in [7, 11) is 0. The first-order valence-corrected chi connectivity index (χ1v) is 3.54. The van der Waals surface area contributed by atoms with Crippen LogP contribution in [0.4, 0.5) is 5.69 Å². The molecule has 1 N–H and O–H groups in total. The van der Waals surface area contributed by atoms with Crippen molar-refractivity contribution in [1.29, 1.82) is 0 Å². The summed E-state index contributed by atoms with van der Waals surface area (Å²) in [6.45, 7) is 1.62. The Bertz CT molecular complexity index is 338. The van der Waals surface area contributed by atoms with E-state index in [0.29, 0.717) is 5.56 Å². The van der Waals surface area contributed by atoms with Crippen LogP contribution in [0.2, 0.25) is 5.02 Å². The van der Waals surface area contributed by atoms with Gasteiger partial charge in [0.1, 0.15) is 5.75 Å². The molecule has 0 unspecified atom stereocenters. The number of nitro groups is 1. The smallest absolute Gasteiger partial charge is 0.291 e. The molecule has 0 aromatic heterocycles. The van der Waals surface area contributed by atoms with Crippen LogP contribution in [0.15, 0.2) is 12.1 Å². The normalized spacial score (nSPS) is 9.83. The highest BCUT2D eigenvalue weighted by Gasteiger charge is 2.16. The van der Waals surface area contributed by atoms with Crippen LogP contribution >= 0.6 is 11.6 Å². The summed E-state index contributed by atoms with van der Waals surface area (Å²) in [5.74, 6) is -0.231. The Hall–Kier alpha value is -1.29. The fourth-order valence-electron chi connectivity index (χ4n) is 0.791. The van der Waals surface area contributed by atoms with E-state index in [4.69, 9.17) is 11.6 Å². The summed E-state index contributed by atoms with van der Waals surface area (Å²) in [6.07, 6.45) is 0. The molecular weight excluding hydrogens is 182 g/mol. The van der Waals surface area contributed by atoms with E-state index < -0.39 is 4.92 Å². The van der Waals surface area contributed by atoms with Crippen molar-refractivity contribution in [3.05, 3.63) is 32.8 Å². The first-order valence-electron chi connectivity index (χ1n) is 3.16. The molecule has 0 amide bonds. The van der Waals surface area contributed by atoms with Crippen molar-refractivity contribution >= 4 is 17.3 Å². The van der Waals surface area contributed by atoms with E-state index in [1.165, 1.54) is 12.1 Å². The summed E-state index contributed by atoms with van der Waals surface area (Å²) in [5.41, 5.74) is 0.241. The topological polar surface area (TPSA) is 63.4 Å². The molecule has 0 aliphatic rings. The Morgan fingerprint density at radius 3 is 2.67 bits per heavy atom. The maximum atomic E-state index is 10.3. The number of halogens is 1. The van der Waals surface area contributed by atoms with Crippen LogP contribution in [-0.4, -0.2) is 10.0 Å². The van der Waals surface area contributed by atoms with E-state index in [1.807, 2.05) is 0 Å². The third-order valence-corrected chi connectivity index (χ3v) is 1.87. The molecule has 0 fully saturated rings. The van der Waals surface area contributed by atoms with Crippen LogP contribution in [-0.2, 0) is 0 Å². The van der Waals surface area contributed by atoms with Gasteiger partial charge in [0.05, 0.1) is 4.92 Å². The number of aryl methyl sites for hydroxylation is 1. The zero-order valence-corrected chi connectivity index (χ0v) is 7.00. The van der Waals surface area contributed by atoms with Crippen molar-refractivity contribution in [2.45, 2.75) is 6.92 Å². The Kier molecular flexibility index (Phi) is 2.19. The van der Waals surface area contributed by atoms with Crippen LogP contribution in [0.3, 0.4) is 0 Å². The molecule has 1 aromatic rings. The molecule has 0 radical (unpaired) electrons. The molecule has 64 valence electrons. The van der Waals surface area contributed by atoms with Gasteiger partial charge in [-0.15, -0.1) is 0 Å². The number of aromatic hydroxyl groups is 1. The lowest BCUT2D eigenvalue weighted by Crippen LogP contribution is -1.89. The molecule has 0 aliphatic heterocycles. The molecule has 0 atom stereocenters. The van der Waals surface area contributed by atoms with Gasteiger partial charge in [-0.25, -0.2) is 0 Å². The zero-order valence-electron chi connectivity index (χ0n) is 6.24. The maximum absolute atomic E-state index is 10.3. The van der Waals surface area contributed by atoms with Crippen molar-refractivity contribution in [2.75, 3.05) is 0 Å². The SMILES string of the molecule is Cc1ccc([N+](=O)[O-])c(Cl)c1O. The molecule has 0 saturated heterocycles. The van der Waals surface area contributed by atoms with Gasteiger partial charge in [0.15, 0.2) is 5.02 Å². The van der Waals surface area contributed by atoms with Gasteiger partial charge in [0.25, 0.3) is 5.69 Å². The average Bonchev–Trinajstić information content (AvgIpc) is 2.00. The third kappa shape index (κ3) is 1.33. The van der Waals surface area contributed by atoms with Crippen LogP contribution in [0.5, 0.6) is 5.75 Å². The van der Waals surface area contributed by atoms with E-state index in [0.717, 1.165) is 0 Å². The highest BCUT2D eigenvalue weighted by atomic mass is 35.5. The molecule has 0 saturated carbocycles. The number of rotatable bonds is 1. The average molecular weight is 188 g/mol. The second kappa shape index (κ2) is 2.98. The molecule has 4 nitrogen and oxygen atoms in total. The van der Waals surface area contributed by atoms with E-state index >= 15 is 0 Å². The molecule has 1 aromatic carbocycles. The second-order valence-corrected chi connectivity index (χ2v) is 2.70. The summed E-state index contributed by atoms with van der Waals surface area (Å²) >= 11 is 5.50. The minimum absolute atomic E-state index is 0.208. The summed E-state index contributed by atoms with van der Waals surface area (Å²) in [5, 5.41) is 19.3. The van der Waals surface area contributed by atoms with Gasteiger partial charge in [0, 0.05) is 6.07 Å². The first kappa shape index (κ1) is 8.80. The van der Waals surface area contributed by atoms with Crippen LogP contribution in [0.1, 0.15) is 5.56 Å². The summed E-state index contributed by atoms with van der Waals surface area (Å²) in [6, 6.07) is 2.71. The quantitative estimate of drug-likeness (QED) is 0.542. The van der Waals surface area contributed by atoms with Gasteiger partial charge in [-0.05, 0) is 18.6 Å². The molecule has 1 rings (SSSR count). The molecular formula is C7H6ClNO3. The van der Waals surface area contributed by atoms with Gasteiger partial charge in [-0.2, -0.15) is 0 Å². The van der Waals surface area contributed by atoms with Crippen molar-refractivity contribution in [1.82, 2.24) is 0 Å². The molecule has 5 heteroatoms. The van der Waals surface area contributed by atoms with Crippen molar-refractivity contribution in [2.24, 2.45) is 0 Å². The van der Waals surface area contributed by atoms with Crippen molar-refractivity contribution in [3.63, 3.8) is 0 Å². The second-order valence-electron chi connectivity index (χ2n) is 2.32. The maximum Gasteiger partial charge on any atom is 0.291 e. The lowest BCUT2D eigenvalue weighted by Gasteiger charge is -2.00. The third-order valence-electron chi connectivity index (χ3n) is 1.49. The molecule has 0 aliphatic carbocycles. The summed E-state index contributed by atoms with van der Waals surface area (Å²) < 4.78 is 0. The largest absolute Gasteiger partial charge is 0.506 e. The van der Waals surface area contributed by atoms with Gasteiger partial charge in [-0.1, -0.05) is 11.6 Å². The highest BCUT2D eigenvalue weighted by Crippen LogP contribution is 2.34. The minimum Gasteiger partial charge on any atom is -0.506 e. The van der Waals surface area contributed by atoms with Crippen LogP contribution in [0.25, 0.3) is 0 Å². The van der Waals surface area contributed by atoms with Crippen molar-refractivity contribution < 1.29 is 10.0 Å².